The van der Waals surface area contributed by atoms with Crippen LogP contribution in [0.1, 0.15) is 34.8 Å². The smallest absolute Gasteiger partial charge is 0.251 e. The van der Waals surface area contributed by atoms with Gasteiger partial charge in [-0.2, -0.15) is 0 Å². The van der Waals surface area contributed by atoms with Crippen molar-refractivity contribution in [3.05, 3.63) is 64.7 Å². The van der Waals surface area contributed by atoms with E-state index < -0.39 is 0 Å². The Hall–Kier alpha value is -1.75. The zero-order valence-corrected chi connectivity index (χ0v) is 15.5. The van der Waals surface area contributed by atoms with Gasteiger partial charge in [0.25, 0.3) is 5.91 Å². The molecule has 4 nitrogen and oxygen atoms in total. The van der Waals surface area contributed by atoms with Crippen LogP contribution in [0.15, 0.2) is 48.5 Å². The fourth-order valence-electron chi connectivity index (χ4n) is 3.15. The van der Waals surface area contributed by atoms with Gasteiger partial charge in [0.2, 0.25) is 0 Å². The summed E-state index contributed by atoms with van der Waals surface area (Å²) < 4.78 is 0. The first kappa shape index (κ1) is 19.6. The third-order valence-corrected chi connectivity index (χ3v) is 4.68. The Bertz CT molecular complexity index is 700. The molecule has 2 aromatic carbocycles. The number of anilines is 1. The van der Waals surface area contributed by atoms with Crippen LogP contribution in [0.2, 0.25) is 5.02 Å². The number of rotatable bonds is 5. The largest absolute Gasteiger partial charge is 0.399 e. The molecule has 3 N–H and O–H groups in total. The molecule has 0 aromatic heterocycles. The van der Waals surface area contributed by atoms with E-state index in [1.54, 1.807) is 24.3 Å². The number of carbonyl (C=O) groups excluding carboxylic acids is 1. The van der Waals surface area contributed by atoms with Crippen LogP contribution in [0.5, 0.6) is 0 Å². The summed E-state index contributed by atoms with van der Waals surface area (Å²) in [6, 6.07) is 15.0. The van der Waals surface area contributed by atoms with Gasteiger partial charge >= 0.3 is 0 Å². The molecule has 1 aliphatic heterocycles. The molecule has 134 valence electrons. The fraction of sp³-hybridized carbons (Fsp3) is 0.316. The lowest BCUT2D eigenvalue weighted by molar-refractivity contribution is 0.0938. The third kappa shape index (κ3) is 5.11. The standard InChI is InChI=1S/C19H22ClN3O.ClH/c20-16-5-3-4-15(12-16)18(23-10-1-2-11-23)13-22-19(24)14-6-8-17(21)9-7-14;/h3-9,12,18H,1-2,10-11,13,21H2,(H,22,24);1H. The normalized spacial score (nSPS) is 15.4. The van der Waals surface area contributed by atoms with Gasteiger partial charge in [0.15, 0.2) is 0 Å². The number of hydrogen-bond donors (Lipinski definition) is 2. The van der Waals surface area contributed by atoms with E-state index in [-0.39, 0.29) is 24.4 Å². The summed E-state index contributed by atoms with van der Waals surface area (Å²) >= 11 is 6.15. The number of nitrogen functional groups attached to an aromatic ring is 1. The van der Waals surface area contributed by atoms with Crippen LogP contribution in [-0.4, -0.2) is 30.4 Å². The van der Waals surface area contributed by atoms with Crippen molar-refractivity contribution in [2.24, 2.45) is 0 Å². The molecule has 0 aliphatic carbocycles. The number of halogens is 2. The van der Waals surface area contributed by atoms with Crippen molar-refractivity contribution >= 4 is 35.6 Å². The van der Waals surface area contributed by atoms with Crippen molar-refractivity contribution < 1.29 is 4.79 Å². The number of amides is 1. The molecule has 6 heteroatoms. The van der Waals surface area contributed by atoms with E-state index in [0.717, 1.165) is 23.7 Å². The Balaban J connectivity index is 0.00000225. The van der Waals surface area contributed by atoms with Crippen molar-refractivity contribution in [3.8, 4) is 0 Å². The molecule has 2 aromatic rings. The quantitative estimate of drug-likeness (QED) is 0.774. The van der Waals surface area contributed by atoms with Gasteiger partial charge in [-0.3, -0.25) is 9.69 Å². The van der Waals surface area contributed by atoms with E-state index in [1.165, 1.54) is 12.8 Å². The van der Waals surface area contributed by atoms with E-state index in [0.29, 0.717) is 17.8 Å². The first-order valence-electron chi connectivity index (χ1n) is 8.27. The van der Waals surface area contributed by atoms with Gasteiger partial charge in [-0.05, 0) is 67.9 Å². The van der Waals surface area contributed by atoms with Gasteiger partial charge in [-0.15, -0.1) is 12.4 Å². The molecule has 1 fully saturated rings. The molecule has 1 saturated heterocycles. The predicted molar refractivity (Wildman–Crippen MR) is 105 cm³/mol. The van der Waals surface area contributed by atoms with E-state index in [4.69, 9.17) is 17.3 Å². The summed E-state index contributed by atoms with van der Waals surface area (Å²) in [7, 11) is 0. The summed E-state index contributed by atoms with van der Waals surface area (Å²) in [5.41, 5.74) is 8.09. The molecule has 25 heavy (non-hydrogen) atoms. The van der Waals surface area contributed by atoms with Crippen molar-refractivity contribution in [1.82, 2.24) is 10.2 Å². The van der Waals surface area contributed by atoms with E-state index in [2.05, 4.69) is 16.3 Å². The summed E-state index contributed by atoms with van der Waals surface area (Å²) in [5, 5.41) is 3.77. The van der Waals surface area contributed by atoms with Gasteiger partial charge in [-0.1, -0.05) is 23.7 Å². The minimum absolute atomic E-state index is 0. The topological polar surface area (TPSA) is 58.4 Å². The first-order valence-corrected chi connectivity index (χ1v) is 8.64. The molecule has 0 saturated carbocycles. The average molecular weight is 380 g/mol. The number of likely N-dealkylation sites (tertiary alicyclic amines) is 1. The van der Waals surface area contributed by atoms with E-state index in [9.17, 15) is 4.79 Å². The molecule has 3 rings (SSSR count). The van der Waals surface area contributed by atoms with Crippen molar-refractivity contribution in [2.45, 2.75) is 18.9 Å². The lowest BCUT2D eigenvalue weighted by Gasteiger charge is -2.28. The zero-order valence-electron chi connectivity index (χ0n) is 14.0. The fourth-order valence-corrected chi connectivity index (χ4v) is 3.35. The molecule has 1 atom stereocenters. The van der Waals surface area contributed by atoms with Gasteiger partial charge < -0.3 is 11.1 Å². The van der Waals surface area contributed by atoms with Gasteiger partial charge in [0.1, 0.15) is 0 Å². The van der Waals surface area contributed by atoms with Crippen molar-refractivity contribution in [3.63, 3.8) is 0 Å². The number of benzene rings is 2. The number of nitrogens with zero attached hydrogens (tertiary/aromatic N) is 1. The minimum Gasteiger partial charge on any atom is -0.399 e. The molecule has 1 heterocycles. The summed E-state index contributed by atoms with van der Waals surface area (Å²) in [4.78, 5) is 14.8. The molecular weight excluding hydrogens is 357 g/mol. The Morgan fingerprint density at radius 3 is 2.48 bits per heavy atom. The van der Waals surface area contributed by atoms with Crippen LogP contribution < -0.4 is 11.1 Å². The van der Waals surface area contributed by atoms with Crippen LogP contribution in [-0.2, 0) is 0 Å². The van der Waals surface area contributed by atoms with E-state index >= 15 is 0 Å². The number of nitrogens with two attached hydrogens (primary N) is 1. The van der Waals surface area contributed by atoms with E-state index in [1.807, 2.05) is 18.2 Å². The van der Waals surface area contributed by atoms with Gasteiger partial charge in [0.05, 0.1) is 6.04 Å². The number of hydrogen-bond acceptors (Lipinski definition) is 3. The maximum absolute atomic E-state index is 12.4. The van der Waals surface area contributed by atoms with Crippen LogP contribution in [0, 0.1) is 0 Å². The highest BCUT2D eigenvalue weighted by molar-refractivity contribution is 6.30. The number of carbonyl (C=O) groups is 1. The SMILES string of the molecule is Cl.Nc1ccc(C(=O)NCC(c2cccc(Cl)c2)N2CCCC2)cc1. The highest BCUT2D eigenvalue weighted by atomic mass is 35.5. The molecule has 0 spiro atoms. The molecule has 1 unspecified atom stereocenters. The number of nitrogens with one attached hydrogen (secondary N) is 1. The summed E-state index contributed by atoms with van der Waals surface area (Å²) in [5.74, 6) is -0.0822. The lowest BCUT2D eigenvalue weighted by atomic mass is 10.1. The second-order valence-corrected chi connectivity index (χ2v) is 6.58. The Labute approximate surface area is 159 Å². The van der Waals surface area contributed by atoms with Crippen molar-refractivity contribution in [1.29, 1.82) is 0 Å². The molecule has 1 amide bonds. The molecule has 1 aliphatic rings. The predicted octanol–water partition coefficient (Wildman–Crippen LogP) is 3.91. The Morgan fingerprint density at radius 2 is 1.84 bits per heavy atom. The Kier molecular flexibility index (Phi) is 7.12. The highest BCUT2D eigenvalue weighted by Gasteiger charge is 2.24. The molecule has 0 radical (unpaired) electrons. The van der Waals surface area contributed by atoms with Crippen LogP contribution in [0.4, 0.5) is 5.69 Å². The summed E-state index contributed by atoms with van der Waals surface area (Å²) in [6.07, 6.45) is 2.39. The second-order valence-electron chi connectivity index (χ2n) is 6.15. The Morgan fingerprint density at radius 1 is 1.16 bits per heavy atom. The molecular formula is C19H23Cl2N3O. The van der Waals surface area contributed by atoms with Gasteiger partial charge in [-0.25, -0.2) is 0 Å². The third-order valence-electron chi connectivity index (χ3n) is 4.44. The molecule has 0 bridgehead atoms. The van der Waals surface area contributed by atoms with Gasteiger partial charge in [0, 0.05) is 22.8 Å². The summed E-state index contributed by atoms with van der Waals surface area (Å²) in [6.45, 7) is 2.66. The van der Waals surface area contributed by atoms with Crippen LogP contribution >= 0.6 is 24.0 Å². The van der Waals surface area contributed by atoms with Crippen molar-refractivity contribution in [2.75, 3.05) is 25.4 Å². The second kappa shape index (κ2) is 9.09. The zero-order chi connectivity index (χ0) is 16.9. The maximum atomic E-state index is 12.4. The minimum atomic E-state index is -0.0822. The lowest BCUT2D eigenvalue weighted by Crippen LogP contribution is -2.36. The van der Waals surface area contributed by atoms with Crippen LogP contribution in [0.25, 0.3) is 0 Å². The average Bonchev–Trinajstić information content (AvgIpc) is 3.10. The monoisotopic (exact) mass is 379 g/mol. The highest BCUT2D eigenvalue weighted by Crippen LogP contribution is 2.26. The first-order chi connectivity index (χ1) is 11.6. The van der Waals surface area contributed by atoms with Crippen LogP contribution in [0.3, 0.4) is 0 Å². The maximum Gasteiger partial charge on any atom is 0.251 e.